The van der Waals surface area contributed by atoms with Gasteiger partial charge in [0.2, 0.25) is 0 Å². The molecule has 1 aromatic heterocycles. The Bertz CT molecular complexity index is 380. The van der Waals surface area contributed by atoms with Crippen molar-refractivity contribution in [2.45, 2.75) is 46.3 Å². The van der Waals surface area contributed by atoms with Crippen LogP contribution < -0.4 is 0 Å². The van der Waals surface area contributed by atoms with E-state index in [1.165, 1.54) is 0 Å². The van der Waals surface area contributed by atoms with Gasteiger partial charge in [0.05, 0.1) is 17.7 Å². The molecule has 0 aromatic carbocycles. The van der Waals surface area contributed by atoms with Crippen molar-refractivity contribution in [3.63, 3.8) is 0 Å². The van der Waals surface area contributed by atoms with Gasteiger partial charge in [-0.3, -0.25) is 4.68 Å². The zero-order chi connectivity index (χ0) is 12.2. The largest absolute Gasteiger partial charge is 0.387 e. The van der Waals surface area contributed by atoms with Gasteiger partial charge >= 0.3 is 0 Å². The number of aliphatic hydroxyl groups excluding tert-OH is 1. The van der Waals surface area contributed by atoms with E-state index < -0.39 is 11.5 Å². The Morgan fingerprint density at radius 2 is 2.31 bits per heavy atom. The first-order valence-corrected chi connectivity index (χ1v) is 5.69. The third-order valence-corrected chi connectivity index (χ3v) is 3.02. The number of nitriles is 1. The molecule has 1 N–H and O–H groups in total. The smallest absolute Gasteiger partial charge is 0.100 e. The maximum Gasteiger partial charge on any atom is 0.100 e. The van der Waals surface area contributed by atoms with Crippen LogP contribution in [-0.2, 0) is 6.54 Å². The van der Waals surface area contributed by atoms with Crippen molar-refractivity contribution in [3.8, 4) is 6.07 Å². The second kappa shape index (κ2) is 5.13. The minimum atomic E-state index is -0.770. The van der Waals surface area contributed by atoms with Crippen LogP contribution in [0.5, 0.6) is 0 Å². The van der Waals surface area contributed by atoms with Crippen LogP contribution in [0.1, 0.15) is 45.3 Å². The molecular formula is C12H19N3O. The van der Waals surface area contributed by atoms with Gasteiger partial charge in [-0.05, 0) is 19.8 Å². The SMILES string of the molecule is CCCn1cc(C(O)C(C)(C#N)CC)cn1. The van der Waals surface area contributed by atoms with Crippen LogP contribution in [0.25, 0.3) is 0 Å². The summed E-state index contributed by atoms with van der Waals surface area (Å²) in [6, 6.07) is 2.18. The van der Waals surface area contributed by atoms with Gasteiger partial charge in [-0.15, -0.1) is 0 Å². The fourth-order valence-corrected chi connectivity index (χ4v) is 1.57. The highest BCUT2D eigenvalue weighted by atomic mass is 16.3. The summed E-state index contributed by atoms with van der Waals surface area (Å²) >= 11 is 0. The number of hydrogen-bond donors (Lipinski definition) is 1. The molecule has 2 unspecified atom stereocenters. The van der Waals surface area contributed by atoms with E-state index in [-0.39, 0.29) is 0 Å². The first-order chi connectivity index (χ1) is 7.57. The quantitative estimate of drug-likeness (QED) is 0.829. The van der Waals surface area contributed by atoms with Crippen molar-refractivity contribution in [1.29, 1.82) is 5.26 Å². The van der Waals surface area contributed by atoms with E-state index in [1.807, 2.05) is 13.1 Å². The van der Waals surface area contributed by atoms with Gasteiger partial charge in [-0.25, -0.2) is 0 Å². The zero-order valence-corrected chi connectivity index (χ0v) is 10.1. The maximum atomic E-state index is 10.1. The third-order valence-electron chi connectivity index (χ3n) is 3.02. The van der Waals surface area contributed by atoms with Gasteiger partial charge in [0.25, 0.3) is 0 Å². The second-order valence-corrected chi connectivity index (χ2v) is 4.32. The van der Waals surface area contributed by atoms with Gasteiger partial charge in [-0.2, -0.15) is 10.4 Å². The van der Waals surface area contributed by atoms with E-state index in [9.17, 15) is 5.11 Å². The van der Waals surface area contributed by atoms with Crippen LogP contribution >= 0.6 is 0 Å². The molecule has 16 heavy (non-hydrogen) atoms. The van der Waals surface area contributed by atoms with E-state index in [4.69, 9.17) is 5.26 Å². The molecule has 1 aromatic rings. The average molecular weight is 221 g/mol. The van der Waals surface area contributed by atoms with Crippen LogP contribution in [0, 0.1) is 16.7 Å². The molecule has 4 nitrogen and oxygen atoms in total. The predicted molar refractivity (Wildman–Crippen MR) is 61.5 cm³/mol. The first-order valence-electron chi connectivity index (χ1n) is 5.69. The number of hydrogen-bond acceptors (Lipinski definition) is 3. The molecule has 4 heteroatoms. The average Bonchev–Trinajstić information content (AvgIpc) is 2.76. The molecule has 0 saturated carbocycles. The minimum Gasteiger partial charge on any atom is -0.387 e. The fourth-order valence-electron chi connectivity index (χ4n) is 1.57. The Morgan fingerprint density at radius 1 is 1.62 bits per heavy atom. The van der Waals surface area contributed by atoms with Gasteiger partial charge in [0, 0.05) is 18.3 Å². The molecule has 1 rings (SSSR count). The van der Waals surface area contributed by atoms with Crippen LogP contribution in [-0.4, -0.2) is 14.9 Å². The lowest BCUT2D eigenvalue weighted by Crippen LogP contribution is -2.22. The summed E-state index contributed by atoms with van der Waals surface area (Å²) in [5.74, 6) is 0. The van der Waals surface area contributed by atoms with Crippen molar-refractivity contribution in [3.05, 3.63) is 18.0 Å². The number of aliphatic hydroxyl groups is 1. The Hall–Kier alpha value is -1.34. The van der Waals surface area contributed by atoms with Crippen LogP contribution in [0.3, 0.4) is 0 Å². The van der Waals surface area contributed by atoms with E-state index in [0.717, 1.165) is 18.5 Å². The monoisotopic (exact) mass is 221 g/mol. The summed E-state index contributed by atoms with van der Waals surface area (Å²) in [6.45, 7) is 6.59. The molecule has 2 atom stereocenters. The van der Waals surface area contributed by atoms with Crippen molar-refractivity contribution in [2.24, 2.45) is 5.41 Å². The lowest BCUT2D eigenvalue weighted by Gasteiger charge is -2.25. The first kappa shape index (κ1) is 12.7. The van der Waals surface area contributed by atoms with E-state index in [1.54, 1.807) is 17.8 Å². The Labute approximate surface area is 96.5 Å². The molecule has 1 heterocycles. The Morgan fingerprint density at radius 3 is 2.81 bits per heavy atom. The molecule has 0 radical (unpaired) electrons. The maximum absolute atomic E-state index is 10.1. The zero-order valence-electron chi connectivity index (χ0n) is 10.1. The van der Waals surface area contributed by atoms with Crippen molar-refractivity contribution >= 4 is 0 Å². The van der Waals surface area contributed by atoms with Crippen molar-refractivity contribution in [1.82, 2.24) is 9.78 Å². The molecule has 0 amide bonds. The summed E-state index contributed by atoms with van der Waals surface area (Å²) in [5, 5.41) is 23.4. The summed E-state index contributed by atoms with van der Waals surface area (Å²) in [7, 11) is 0. The number of aryl methyl sites for hydroxylation is 1. The lowest BCUT2D eigenvalue weighted by molar-refractivity contribution is 0.0721. The van der Waals surface area contributed by atoms with E-state index in [0.29, 0.717) is 6.42 Å². The van der Waals surface area contributed by atoms with E-state index in [2.05, 4.69) is 18.1 Å². The molecule has 0 bridgehead atoms. The summed E-state index contributed by atoms with van der Waals surface area (Å²) in [5.41, 5.74) is -0.0144. The Balaban J connectivity index is 2.88. The summed E-state index contributed by atoms with van der Waals surface area (Å²) < 4.78 is 1.80. The second-order valence-electron chi connectivity index (χ2n) is 4.32. The molecular weight excluding hydrogens is 202 g/mol. The third kappa shape index (κ3) is 2.42. The predicted octanol–water partition coefficient (Wildman–Crippen LogP) is 2.27. The molecule has 0 spiro atoms. The molecule has 0 saturated heterocycles. The highest BCUT2D eigenvalue weighted by molar-refractivity contribution is 5.16. The van der Waals surface area contributed by atoms with Crippen LogP contribution in [0.15, 0.2) is 12.4 Å². The fraction of sp³-hybridized carbons (Fsp3) is 0.667. The van der Waals surface area contributed by atoms with E-state index >= 15 is 0 Å². The standard InChI is InChI=1S/C12H19N3O/c1-4-6-15-8-10(7-14-15)11(16)12(3,5-2)9-13/h7-8,11,16H,4-6H2,1-3H3. The molecule has 0 aliphatic carbocycles. The van der Waals surface area contributed by atoms with Gasteiger partial charge in [-0.1, -0.05) is 13.8 Å². The Kier molecular flexibility index (Phi) is 4.08. The molecule has 0 aliphatic heterocycles. The summed E-state index contributed by atoms with van der Waals surface area (Å²) in [6.07, 6.45) is 4.31. The molecule has 88 valence electrons. The molecule has 0 fully saturated rings. The molecule has 0 aliphatic rings. The van der Waals surface area contributed by atoms with Gasteiger partial charge < -0.3 is 5.11 Å². The normalized spacial score (nSPS) is 16.4. The number of aromatic nitrogens is 2. The topological polar surface area (TPSA) is 61.8 Å². The van der Waals surface area contributed by atoms with Gasteiger partial charge in [0.15, 0.2) is 0 Å². The number of nitrogens with zero attached hydrogens (tertiary/aromatic N) is 3. The van der Waals surface area contributed by atoms with Gasteiger partial charge in [0.1, 0.15) is 6.10 Å². The minimum absolute atomic E-state index is 0.615. The highest BCUT2D eigenvalue weighted by Crippen LogP contribution is 2.35. The van der Waals surface area contributed by atoms with Crippen molar-refractivity contribution in [2.75, 3.05) is 0 Å². The van der Waals surface area contributed by atoms with Crippen molar-refractivity contribution < 1.29 is 5.11 Å². The summed E-state index contributed by atoms with van der Waals surface area (Å²) in [4.78, 5) is 0. The number of rotatable bonds is 5. The highest BCUT2D eigenvalue weighted by Gasteiger charge is 2.33. The lowest BCUT2D eigenvalue weighted by atomic mass is 9.81. The van der Waals surface area contributed by atoms with Crippen LogP contribution in [0.2, 0.25) is 0 Å². The van der Waals surface area contributed by atoms with Crippen LogP contribution in [0.4, 0.5) is 0 Å².